The van der Waals surface area contributed by atoms with E-state index in [0.717, 1.165) is 5.57 Å². The summed E-state index contributed by atoms with van der Waals surface area (Å²) in [4.78, 5) is 0. The third-order valence-electron chi connectivity index (χ3n) is 3.26. The zero-order valence-electron chi connectivity index (χ0n) is 6.64. The zero-order valence-corrected chi connectivity index (χ0v) is 6.64. The van der Waals surface area contributed by atoms with Gasteiger partial charge in [0.2, 0.25) is 0 Å². The van der Waals surface area contributed by atoms with Crippen LogP contribution in [0, 0.1) is 35.0 Å². The Morgan fingerprint density at radius 1 is 1.08 bits per heavy atom. The summed E-state index contributed by atoms with van der Waals surface area (Å²) in [5.41, 5.74) is 0.980. The summed E-state index contributed by atoms with van der Waals surface area (Å²) in [7, 11) is 0. The molecule has 58 valence electrons. The van der Waals surface area contributed by atoms with E-state index in [1.54, 1.807) is 0 Å². The monoisotopic (exact) mass is 155 g/mol. The molecule has 1 nitrogen and oxygen atoms in total. The average molecular weight is 155 g/mol. The van der Waals surface area contributed by atoms with Crippen molar-refractivity contribution >= 4 is 0 Å². The fraction of sp³-hybridized carbons (Fsp3) is 0.364. The molecule has 0 saturated carbocycles. The Hall–Kier alpha value is -1.29. The van der Waals surface area contributed by atoms with Gasteiger partial charge in [-0.1, -0.05) is 30.4 Å². The van der Waals surface area contributed by atoms with Gasteiger partial charge in [-0.15, -0.1) is 0 Å². The first-order valence-electron chi connectivity index (χ1n) is 4.38. The van der Waals surface area contributed by atoms with E-state index in [1.165, 1.54) is 0 Å². The van der Waals surface area contributed by atoms with E-state index in [0.29, 0.717) is 23.7 Å². The average Bonchev–Trinajstić information content (AvgIpc) is 2.72. The third kappa shape index (κ3) is 0.549. The largest absolute Gasteiger partial charge is 0.193 e. The molecule has 12 heavy (non-hydrogen) atoms. The fourth-order valence-corrected chi connectivity index (χ4v) is 2.73. The maximum Gasteiger partial charge on any atom is 0.0950 e. The highest BCUT2D eigenvalue weighted by molar-refractivity contribution is 5.43. The van der Waals surface area contributed by atoms with Crippen LogP contribution in [0.5, 0.6) is 0 Å². The maximum absolute atomic E-state index is 8.86. The Labute approximate surface area is 71.7 Å². The zero-order chi connectivity index (χ0) is 8.13. The predicted molar refractivity (Wildman–Crippen MR) is 45.9 cm³/mol. The third-order valence-corrected chi connectivity index (χ3v) is 3.26. The molecule has 4 atom stereocenters. The molecule has 0 radical (unpaired) electrons. The van der Waals surface area contributed by atoms with E-state index in [1.807, 2.05) is 0 Å². The molecule has 0 unspecified atom stereocenters. The van der Waals surface area contributed by atoms with Crippen LogP contribution in [-0.2, 0) is 0 Å². The van der Waals surface area contributed by atoms with Crippen LogP contribution < -0.4 is 0 Å². The summed E-state index contributed by atoms with van der Waals surface area (Å²) >= 11 is 0. The van der Waals surface area contributed by atoms with Crippen LogP contribution >= 0.6 is 0 Å². The highest BCUT2D eigenvalue weighted by Crippen LogP contribution is 2.50. The van der Waals surface area contributed by atoms with Crippen molar-refractivity contribution in [3.05, 3.63) is 36.0 Å². The Balaban J connectivity index is 2.12. The molecule has 0 fully saturated rings. The Morgan fingerprint density at radius 3 is 2.67 bits per heavy atom. The van der Waals surface area contributed by atoms with Gasteiger partial charge in [0.05, 0.1) is 6.07 Å². The van der Waals surface area contributed by atoms with Crippen LogP contribution in [0.4, 0.5) is 0 Å². The second-order valence-corrected chi connectivity index (χ2v) is 3.76. The van der Waals surface area contributed by atoms with Gasteiger partial charge >= 0.3 is 0 Å². The van der Waals surface area contributed by atoms with E-state index in [9.17, 15) is 0 Å². The molecule has 0 aromatic carbocycles. The van der Waals surface area contributed by atoms with Gasteiger partial charge in [0, 0.05) is 17.4 Å². The van der Waals surface area contributed by atoms with E-state index >= 15 is 0 Å². The van der Waals surface area contributed by atoms with Crippen molar-refractivity contribution in [1.82, 2.24) is 0 Å². The van der Waals surface area contributed by atoms with Crippen molar-refractivity contribution in [2.24, 2.45) is 23.7 Å². The van der Waals surface area contributed by atoms with Crippen molar-refractivity contribution in [2.45, 2.75) is 0 Å². The van der Waals surface area contributed by atoms with Gasteiger partial charge in [0.1, 0.15) is 0 Å². The number of hydrogen-bond donors (Lipinski definition) is 0. The maximum atomic E-state index is 8.86. The second kappa shape index (κ2) is 1.90. The van der Waals surface area contributed by atoms with Gasteiger partial charge in [-0.2, -0.15) is 5.26 Å². The van der Waals surface area contributed by atoms with Crippen molar-refractivity contribution in [1.29, 1.82) is 5.26 Å². The van der Waals surface area contributed by atoms with Gasteiger partial charge in [0.15, 0.2) is 0 Å². The molecular formula is C11H9N. The first kappa shape index (κ1) is 6.25. The van der Waals surface area contributed by atoms with Gasteiger partial charge in [-0.3, -0.25) is 0 Å². The Kier molecular flexibility index (Phi) is 0.988. The Morgan fingerprint density at radius 2 is 1.83 bits per heavy atom. The molecule has 0 heterocycles. The van der Waals surface area contributed by atoms with Crippen LogP contribution in [0.3, 0.4) is 0 Å². The fourth-order valence-electron chi connectivity index (χ4n) is 2.73. The van der Waals surface area contributed by atoms with Gasteiger partial charge in [0.25, 0.3) is 0 Å². The molecule has 3 aliphatic rings. The summed E-state index contributed by atoms with van der Waals surface area (Å²) in [5, 5.41) is 8.86. The molecule has 3 rings (SSSR count). The minimum atomic E-state index is 0.431. The molecule has 0 N–H and O–H groups in total. The summed E-state index contributed by atoms with van der Waals surface area (Å²) in [6, 6.07) is 2.30. The van der Waals surface area contributed by atoms with Crippen LogP contribution in [0.15, 0.2) is 36.0 Å². The smallest absolute Gasteiger partial charge is 0.0950 e. The summed E-state index contributed by atoms with van der Waals surface area (Å²) in [6.45, 7) is 0. The quantitative estimate of drug-likeness (QED) is 0.491. The normalized spacial score (nSPS) is 46.1. The lowest BCUT2D eigenvalue weighted by Gasteiger charge is -2.14. The van der Waals surface area contributed by atoms with Crippen molar-refractivity contribution in [3.63, 3.8) is 0 Å². The van der Waals surface area contributed by atoms with Crippen LogP contribution in [0.1, 0.15) is 0 Å². The minimum absolute atomic E-state index is 0.431. The van der Waals surface area contributed by atoms with Crippen LogP contribution in [0.2, 0.25) is 0 Å². The topological polar surface area (TPSA) is 23.8 Å². The van der Waals surface area contributed by atoms with E-state index in [4.69, 9.17) is 5.26 Å². The lowest BCUT2D eigenvalue weighted by atomic mass is 9.87. The standard InChI is InChI=1S/C11H9N/c12-6-9-5-8-2-1-7-3-4-10(9)11(7)8/h1-5,7-8,10-11H/t7-,8-,10+,11+/m0/s1. The van der Waals surface area contributed by atoms with Crippen molar-refractivity contribution in [3.8, 4) is 6.07 Å². The minimum Gasteiger partial charge on any atom is -0.193 e. The number of rotatable bonds is 0. The lowest BCUT2D eigenvalue weighted by molar-refractivity contribution is 0.415. The molecule has 0 spiro atoms. The second-order valence-electron chi connectivity index (χ2n) is 3.76. The van der Waals surface area contributed by atoms with E-state index in [2.05, 4.69) is 36.4 Å². The molecule has 0 bridgehead atoms. The van der Waals surface area contributed by atoms with Gasteiger partial charge in [-0.05, 0) is 11.8 Å². The predicted octanol–water partition coefficient (Wildman–Crippen LogP) is 2.05. The number of nitrogens with zero attached hydrogens (tertiary/aromatic N) is 1. The van der Waals surface area contributed by atoms with Crippen molar-refractivity contribution in [2.75, 3.05) is 0 Å². The molecule has 0 aromatic heterocycles. The first-order valence-corrected chi connectivity index (χ1v) is 4.38. The molecular weight excluding hydrogens is 146 g/mol. The first-order chi connectivity index (χ1) is 5.90. The number of hydrogen-bond acceptors (Lipinski definition) is 1. The summed E-state index contributed by atoms with van der Waals surface area (Å²) in [6.07, 6.45) is 11.1. The molecule has 0 aliphatic heterocycles. The molecule has 1 heteroatoms. The lowest BCUT2D eigenvalue weighted by Crippen LogP contribution is -2.12. The van der Waals surface area contributed by atoms with Crippen LogP contribution in [-0.4, -0.2) is 0 Å². The number of nitriles is 1. The van der Waals surface area contributed by atoms with Gasteiger partial charge < -0.3 is 0 Å². The van der Waals surface area contributed by atoms with Gasteiger partial charge in [-0.25, -0.2) is 0 Å². The molecule has 0 saturated heterocycles. The molecule has 0 amide bonds. The molecule has 3 aliphatic carbocycles. The van der Waals surface area contributed by atoms with Crippen LogP contribution in [0.25, 0.3) is 0 Å². The highest BCUT2D eigenvalue weighted by atomic mass is 14.5. The SMILES string of the molecule is N#CC1=C[C@@H]2C=C[C@H]3C=C[C@H]1[C@H]32. The highest BCUT2D eigenvalue weighted by Gasteiger charge is 2.44. The summed E-state index contributed by atoms with van der Waals surface area (Å²) < 4.78 is 0. The summed E-state index contributed by atoms with van der Waals surface area (Å²) in [5.74, 6) is 2.26. The van der Waals surface area contributed by atoms with E-state index < -0.39 is 0 Å². The van der Waals surface area contributed by atoms with E-state index in [-0.39, 0.29) is 0 Å². The Bertz CT molecular complexity index is 354. The molecule has 0 aromatic rings. The number of allylic oxidation sites excluding steroid dienone is 6. The van der Waals surface area contributed by atoms with Crippen molar-refractivity contribution < 1.29 is 0 Å².